The molecule has 1 aliphatic rings. The summed E-state index contributed by atoms with van der Waals surface area (Å²) in [6, 6.07) is 0. The van der Waals surface area contributed by atoms with Crippen molar-refractivity contribution < 1.29 is 14.4 Å². The van der Waals surface area contributed by atoms with Crippen LogP contribution in [0.25, 0.3) is 0 Å². The van der Waals surface area contributed by atoms with E-state index in [2.05, 4.69) is 28.9 Å². The van der Waals surface area contributed by atoms with Gasteiger partial charge in [0.1, 0.15) is 0 Å². The summed E-state index contributed by atoms with van der Waals surface area (Å²) < 4.78 is 5.18. The maximum atomic E-state index is 11.2. The molecular formula is C13H21N3O3. The molecule has 1 unspecified atom stereocenters. The molecule has 2 heterocycles. The largest absolute Gasteiger partial charge is 0.481 e. The summed E-state index contributed by atoms with van der Waals surface area (Å²) in [7, 11) is 0. The maximum absolute atomic E-state index is 11.2. The summed E-state index contributed by atoms with van der Waals surface area (Å²) in [5.74, 6) is 1.05. The lowest BCUT2D eigenvalue weighted by molar-refractivity contribution is -0.147. The molecule has 1 fully saturated rings. The van der Waals surface area contributed by atoms with Gasteiger partial charge in [0.25, 0.3) is 0 Å². The molecule has 0 spiro atoms. The molecule has 1 aromatic heterocycles. The Kier molecular flexibility index (Phi) is 3.89. The number of aliphatic carboxylic acids is 1. The molecule has 6 nitrogen and oxygen atoms in total. The zero-order valence-electron chi connectivity index (χ0n) is 11.7. The molecule has 19 heavy (non-hydrogen) atoms. The minimum absolute atomic E-state index is 0.482. The molecule has 0 amide bonds. The minimum atomic E-state index is -0.733. The second-order valence-electron chi connectivity index (χ2n) is 6.03. The summed E-state index contributed by atoms with van der Waals surface area (Å²) in [6.07, 6.45) is 1.44. The molecule has 0 radical (unpaired) electrons. The van der Waals surface area contributed by atoms with E-state index in [0.29, 0.717) is 37.1 Å². The number of nitrogens with zero attached hydrogens (tertiary/aromatic N) is 3. The fourth-order valence-electron chi connectivity index (χ4n) is 2.35. The van der Waals surface area contributed by atoms with E-state index < -0.39 is 11.4 Å². The van der Waals surface area contributed by atoms with Crippen LogP contribution in [-0.2, 0) is 17.8 Å². The van der Waals surface area contributed by atoms with Gasteiger partial charge in [-0.2, -0.15) is 4.98 Å². The number of aromatic nitrogens is 2. The second-order valence-corrected chi connectivity index (χ2v) is 6.03. The van der Waals surface area contributed by atoms with Gasteiger partial charge in [0, 0.05) is 13.0 Å². The van der Waals surface area contributed by atoms with Crippen molar-refractivity contribution in [3.05, 3.63) is 11.7 Å². The predicted molar refractivity (Wildman–Crippen MR) is 68.5 cm³/mol. The molecule has 1 aromatic rings. The lowest BCUT2D eigenvalue weighted by Gasteiger charge is -2.18. The van der Waals surface area contributed by atoms with Crippen LogP contribution in [0, 0.1) is 11.3 Å². The number of hydrogen-bond acceptors (Lipinski definition) is 5. The van der Waals surface area contributed by atoms with Gasteiger partial charge >= 0.3 is 5.97 Å². The number of carboxylic acid groups (broad SMARTS) is 1. The van der Waals surface area contributed by atoms with Gasteiger partial charge in [0.2, 0.25) is 5.89 Å². The van der Waals surface area contributed by atoms with Crippen molar-refractivity contribution in [2.45, 2.75) is 40.2 Å². The molecule has 1 atom stereocenters. The van der Waals surface area contributed by atoms with Crippen molar-refractivity contribution in [2.75, 3.05) is 13.1 Å². The Balaban J connectivity index is 1.92. The monoisotopic (exact) mass is 267 g/mol. The predicted octanol–water partition coefficient (Wildman–Crippen LogP) is 1.56. The first kappa shape index (κ1) is 14.0. The van der Waals surface area contributed by atoms with Gasteiger partial charge in [-0.05, 0) is 25.8 Å². The van der Waals surface area contributed by atoms with Crippen molar-refractivity contribution in [1.82, 2.24) is 15.0 Å². The number of likely N-dealkylation sites (tertiary alicyclic amines) is 1. The number of carbonyl (C=O) groups is 1. The van der Waals surface area contributed by atoms with E-state index in [-0.39, 0.29) is 0 Å². The molecule has 2 rings (SSSR count). The summed E-state index contributed by atoms with van der Waals surface area (Å²) in [6.45, 7) is 7.85. The summed E-state index contributed by atoms with van der Waals surface area (Å²) in [5.41, 5.74) is -0.648. The Bertz CT molecular complexity index is 458. The van der Waals surface area contributed by atoms with Crippen LogP contribution in [0.4, 0.5) is 0 Å². The van der Waals surface area contributed by atoms with Crippen LogP contribution in [0.5, 0.6) is 0 Å². The zero-order chi connectivity index (χ0) is 14.0. The first-order valence-corrected chi connectivity index (χ1v) is 6.66. The van der Waals surface area contributed by atoms with E-state index in [1.807, 2.05) is 0 Å². The first-order chi connectivity index (χ1) is 8.89. The third-order valence-electron chi connectivity index (χ3n) is 3.53. The van der Waals surface area contributed by atoms with E-state index in [1.165, 1.54) is 0 Å². The Morgan fingerprint density at radius 3 is 2.89 bits per heavy atom. The van der Waals surface area contributed by atoms with E-state index in [4.69, 9.17) is 4.52 Å². The van der Waals surface area contributed by atoms with Crippen molar-refractivity contribution in [3.8, 4) is 0 Å². The molecule has 0 aliphatic carbocycles. The average molecular weight is 267 g/mol. The Hall–Kier alpha value is -1.43. The molecule has 0 bridgehead atoms. The molecule has 1 saturated heterocycles. The minimum Gasteiger partial charge on any atom is -0.481 e. The van der Waals surface area contributed by atoms with Crippen LogP contribution in [0.1, 0.15) is 38.9 Å². The first-order valence-electron chi connectivity index (χ1n) is 6.66. The molecule has 0 saturated carbocycles. The topological polar surface area (TPSA) is 79.5 Å². The quantitative estimate of drug-likeness (QED) is 0.872. The van der Waals surface area contributed by atoms with Gasteiger partial charge in [-0.25, -0.2) is 0 Å². The van der Waals surface area contributed by atoms with Gasteiger partial charge in [-0.3, -0.25) is 9.69 Å². The van der Waals surface area contributed by atoms with E-state index >= 15 is 0 Å². The molecule has 1 aliphatic heterocycles. The van der Waals surface area contributed by atoms with Crippen LogP contribution in [0.2, 0.25) is 0 Å². The van der Waals surface area contributed by atoms with Gasteiger partial charge in [-0.15, -0.1) is 0 Å². The zero-order valence-corrected chi connectivity index (χ0v) is 11.7. The van der Waals surface area contributed by atoms with E-state index in [9.17, 15) is 9.90 Å². The molecule has 106 valence electrons. The SMILES string of the molecule is CC(C)Cc1nc(CN2CCC(C)(C(=O)O)C2)no1. The molecule has 1 N–H and O–H groups in total. The number of rotatable bonds is 5. The Morgan fingerprint density at radius 2 is 2.32 bits per heavy atom. The van der Waals surface area contributed by atoms with Crippen molar-refractivity contribution in [2.24, 2.45) is 11.3 Å². The van der Waals surface area contributed by atoms with Gasteiger partial charge in [0.05, 0.1) is 12.0 Å². The second kappa shape index (κ2) is 5.28. The Labute approximate surface area is 112 Å². The smallest absolute Gasteiger partial charge is 0.310 e. The summed E-state index contributed by atoms with van der Waals surface area (Å²) in [5, 5.41) is 13.1. The van der Waals surface area contributed by atoms with Crippen molar-refractivity contribution in [3.63, 3.8) is 0 Å². The van der Waals surface area contributed by atoms with Crippen LogP contribution in [-0.4, -0.2) is 39.2 Å². The fraction of sp³-hybridized carbons (Fsp3) is 0.769. The highest BCUT2D eigenvalue weighted by atomic mass is 16.5. The van der Waals surface area contributed by atoms with Gasteiger partial charge in [-0.1, -0.05) is 19.0 Å². The fourth-order valence-corrected chi connectivity index (χ4v) is 2.35. The summed E-state index contributed by atoms with van der Waals surface area (Å²) >= 11 is 0. The highest BCUT2D eigenvalue weighted by molar-refractivity contribution is 5.74. The van der Waals surface area contributed by atoms with Crippen molar-refractivity contribution in [1.29, 1.82) is 0 Å². The lowest BCUT2D eigenvalue weighted by Crippen LogP contribution is -2.31. The average Bonchev–Trinajstić information content (AvgIpc) is 2.87. The normalized spacial score (nSPS) is 24.2. The molecule has 0 aromatic carbocycles. The highest BCUT2D eigenvalue weighted by Crippen LogP contribution is 2.30. The lowest BCUT2D eigenvalue weighted by atomic mass is 9.90. The van der Waals surface area contributed by atoms with Crippen LogP contribution in [0.15, 0.2) is 4.52 Å². The summed E-state index contributed by atoms with van der Waals surface area (Å²) in [4.78, 5) is 17.6. The van der Waals surface area contributed by atoms with Gasteiger partial charge in [0.15, 0.2) is 5.82 Å². The molecular weight excluding hydrogens is 246 g/mol. The third kappa shape index (κ3) is 3.32. The number of hydrogen-bond donors (Lipinski definition) is 1. The Morgan fingerprint density at radius 1 is 1.58 bits per heavy atom. The van der Waals surface area contributed by atoms with Gasteiger partial charge < -0.3 is 9.63 Å². The van der Waals surface area contributed by atoms with E-state index in [1.54, 1.807) is 6.92 Å². The standard InChI is InChI=1S/C13H21N3O3/c1-9(2)6-11-14-10(15-19-11)7-16-5-4-13(3,8-16)12(17)18/h9H,4-8H2,1-3H3,(H,17,18). The van der Waals surface area contributed by atoms with Crippen LogP contribution < -0.4 is 0 Å². The van der Waals surface area contributed by atoms with Crippen LogP contribution in [0.3, 0.4) is 0 Å². The number of carboxylic acids is 1. The molecule has 6 heteroatoms. The van der Waals surface area contributed by atoms with E-state index in [0.717, 1.165) is 13.0 Å². The highest BCUT2D eigenvalue weighted by Gasteiger charge is 2.40. The maximum Gasteiger partial charge on any atom is 0.310 e. The van der Waals surface area contributed by atoms with Crippen LogP contribution >= 0.6 is 0 Å². The third-order valence-corrected chi connectivity index (χ3v) is 3.53. The van der Waals surface area contributed by atoms with Crippen molar-refractivity contribution >= 4 is 5.97 Å².